The van der Waals surface area contributed by atoms with Gasteiger partial charge in [-0.25, -0.2) is 0 Å². The van der Waals surface area contributed by atoms with Gasteiger partial charge in [0.05, 0.1) is 29.5 Å². The van der Waals surface area contributed by atoms with Gasteiger partial charge in [-0.3, -0.25) is 0 Å². The molecule has 1 N–H and O–H groups in total. The molecule has 0 radical (unpaired) electrons. The van der Waals surface area contributed by atoms with Gasteiger partial charge in [-0.1, -0.05) is 182 Å². The third-order valence-corrected chi connectivity index (χ3v) is 13.3. The minimum atomic E-state index is 0.0638. The first-order valence-electron chi connectivity index (χ1n) is 21.1. The number of nitrogens with one attached hydrogen (secondary N) is 1. The number of anilines is 2. The zero-order valence-corrected chi connectivity index (χ0v) is 34.5. The van der Waals surface area contributed by atoms with Crippen LogP contribution in [0.4, 0.5) is 11.4 Å². The molecule has 3 nitrogen and oxygen atoms in total. The lowest BCUT2D eigenvalue weighted by Crippen LogP contribution is -2.28. The van der Waals surface area contributed by atoms with Crippen LogP contribution in [0.25, 0.3) is 33.7 Å². The van der Waals surface area contributed by atoms with Crippen molar-refractivity contribution in [2.24, 2.45) is 0 Å². The smallest absolute Gasteiger partial charge is 0.0733 e. The second kappa shape index (κ2) is 15.0. The minimum Gasteiger partial charge on any atom is -0.373 e. The van der Waals surface area contributed by atoms with E-state index in [1.807, 2.05) is 0 Å². The van der Waals surface area contributed by atoms with E-state index < -0.39 is 0 Å². The molecular formula is C56H51N3. The molecule has 0 saturated carbocycles. The Morgan fingerprint density at radius 2 is 1.29 bits per heavy atom. The fourth-order valence-electron chi connectivity index (χ4n) is 10.1. The van der Waals surface area contributed by atoms with Crippen molar-refractivity contribution < 1.29 is 0 Å². The highest BCUT2D eigenvalue weighted by molar-refractivity contribution is 5.93. The molecule has 3 heteroatoms. The predicted molar refractivity (Wildman–Crippen MR) is 252 cm³/mol. The van der Waals surface area contributed by atoms with E-state index in [-0.39, 0.29) is 24.0 Å². The van der Waals surface area contributed by atoms with E-state index >= 15 is 0 Å². The van der Waals surface area contributed by atoms with Crippen molar-refractivity contribution in [3.05, 3.63) is 226 Å². The Kier molecular flexibility index (Phi) is 9.33. The topological polar surface area (TPSA) is 18.5 Å². The molecule has 59 heavy (non-hydrogen) atoms. The van der Waals surface area contributed by atoms with Crippen LogP contribution in [-0.4, -0.2) is 19.0 Å². The molecule has 4 unspecified atom stereocenters. The van der Waals surface area contributed by atoms with Crippen molar-refractivity contribution in [2.45, 2.75) is 50.7 Å². The van der Waals surface area contributed by atoms with Gasteiger partial charge in [0.1, 0.15) is 0 Å². The van der Waals surface area contributed by atoms with Crippen molar-refractivity contribution in [1.29, 1.82) is 0 Å². The first kappa shape index (κ1) is 36.7. The molecule has 0 bridgehead atoms. The summed E-state index contributed by atoms with van der Waals surface area (Å²) in [7, 11) is 4.50. The normalized spacial score (nSPS) is 20.2. The van der Waals surface area contributed by atoms with Gasteiger partial charge in [-0.2, -0.15) is 0 Å². The molecule has 4 atom stereocenters. The third-order valence-electron chi connectivity index (χ3n) is 13.3. The molecular weight excluding hydrogens is 715 g/mol. The Bertz CT molecular complexity index is 2830. The summed E-state index contributed by atoms with van der Waals surface area (Å²) in [6.45, 7) is 8.93. The van der Waals surface area contributed by atoms with E-state index in [1.54, 1.807) is 0 Å². The third kappa shape index (κ3) is 6.46. The quantitative estimate of drug-likeness (QED) is 0.163. The van der Waals surface area contributed by atoms with Crippen LogP contribution in [0.5, 0.6) is 0 Å². The molecule has 3 heterocycles. The number of nitrogens with zero attached hydrogens (tertiary/aromatic N) is 2. The molecule has 1 aliphatic carbocycles. The Morgan fingerprint density at radius 1 is 0.678 bits per heavy atom. The largest absolute Gasteiger partial charge is 0.373 e. The second-order valence-corrected chi connectivity index (χ2v) is 16.8. The number of allylic oxidation sites excluding steroid dienone is 7. The van der Waals surface area contributed by atoms with Gasteiger partial charge < -0.3 is 15.1 Å². The first-order valence-corrected chi connectivity index (χ1v) is 21.1. The van der Waals surface area contributed by atoms with Crippen molar-refractivity contribution in [3.63, 3.8) is 0 Å². The zero-order valence-electron chi connectivity index (χ0n) is 34.5. The van der Waals surface area contributed by atoms with Crippen LogP contribution in [0.2, 0.25) is 0 Å². The van der Waals surface area contributed by atoms with Crippen LogP contribution < -0.4 is 10.2 Å². The van der Waals surface area contributed by atoms with E-state index in [0.717, 1.165) is 18.4 Å². The lowest BCUT2D eigenvalue weighted by atomic mass is 9.84. The predicted octanol–water partition coefficient (Wildman–Crippen LogP) is 14.2. The van der Waals surface area contributed by atoms with Crippen molar-refractivity contribution >= 4 is 45.1 Å². The van der Waals surface area contributed by atoms with Crippen LogP contribution in [0.15, 0.2) is 192 Å². The van der Waals surface area contributed by atoms with E-state index in [9.17, 15) is 0 Å². The summed E-state index contributed by atoms with van der Waals surface area (Å²) in [4.78, 5) is 4.94. The van der Waals surface area contributed by atoms with E-state index in [2.05, 4.69) is 220 Å². The van der Waals surface area contributed by atoms with Gasteiger partial charge in [-0.05, 0) is 98.3 Å². The van der Waals surface area contributed by atoms with E-state index in [0.29, 0.717) is 0 Å². The molecule has 0 saturated heterocycles. The summed E-state index contributed by atoms with van der Waals surface area (Å²) in [6.07, 6.45) is 20.8. The highest BCUT2D eigenvalue weighted by atomic mass is 15.2. The maximum Gasteiger partial charge on any atom is 0.0733 e. The lowest BCUT2D eigenvalue weighted by molar-refractivity contribution is 0.355. The summed E-state index contributed by atoms with van der Waals surface area (Å²) in [5.41, 5.74) is 16.8. The Labute approximate surface area is 349 Å². The maximum atomic E-state index is 4.46. The van der Waals surface area contributed by atoms with Gasteiger partial charge in [0.25, 0.3) is 0 Å². The average molecular weight is 766 g/mol. The molecule has 0 aromatic heterocycles. The molecule has 3 aliphatic heterocycles. The highest BCUT2D eigenvalue weighted by Crippen LogP contribution is 2.47. The van der Waals surface area contributed by atoms with Crippen molar-refractivity contribution in [2.75, 3.05) is 24.3 Å². The fraction of sp³-hybridized carbons (Fsp3) is 0.179. The number of hydrogen-bond donors (Lipinski definition) is 1. The minimum absolute atomic E-state index is 0.0638. The fourth-order valence-corrected chi connectivity index (χ4v) is 10.1. The molecule has 6 aromatic rings. The van der Waals surface area contributed by atoms with E-state index in [4.69, 9.17) is 0 Å². The van der Waals surface area contributed by atoms with Crippen molar-refractivity contribution in [3.8, 4) is 0 Å². The lowest BCUT2D eigenvalue weighted by Gasteiger charge is -2.38. The van der Waals surface area contributed by atoms with Crippen LogP contribution >= 0.6 is 0 Å². The monoisotopic (exact) mass is 765 g/mol. The Morgan fingerprint density at radius 3 is 1.98 bits per heavy atom. The summed E-state index contributed by atoms with van der Waals surface area (Å²) >= 11 is 0. The number of likely N-dealkylation sites (N-methyl/N-ethyl adjacent to an activating group) is 2. The average Bonchev–Trinajstić information content (AvgIpc) is 3.27. The number of hydrogen-bond acceptors (Lipinski definition) is 3. The van der Waals surface area contributed by atoms with Gasteiger partial charge in [0.15, 0.2) is 0 Å². The summed E-state index contributed by atoms with van der Waals surface area (Å²) in [5.74, 6) is 0.126. The van der Waals surface area contributed by atoms with E-state index in [1.165, 1.54) is 88.7 Å². The SMILES string of the molecule is C=C(C)C(/C=C\C1=C(C)C2=C(C=CC(c3cccc4ccccc34)N2C)CC1)c1ccc(C2C=Cc3ccc4c(c3N2)N(C)C(c2cccc3ccccc23)C=C4)cc1. The Hall–Kier alpha value is -6.58. The molecule has 290 valence electrons. The van der Waals surface area contributed by atoms with Gasteiger partial charge in [0, 0.05) is 25.7 Å². The maximum absolute atomic E-state index is 4.46. The Balaban J connectivity index is 0.884. The molecule has 0 amide bonds. The zero-order chi connectivity index (χ0) is 40.2. The molecule has 0 fully saturated rings. The number of rotatable bonds is 7. The van der Waals surface area contributed by atoms with Gasteiger partial charge in [-0.15, -0.1) is 0 Å². The van der Waals surface area contributed by atoms with Gasteiger partial charge >= 0.3 is 0 Å². The molecule has 10 rings (SSSR count). The molecule has 4 aliphatic rings. The standard InChI is InChI=1S/C56H51N3/c1-36(2)46(32-28-38-20-26-44-30-34-52(58(4)55(44)37(38)3)49-18-10-14-39-12-6-8-16-47(39)49)41-21-23-42(24-22-41)51-33-29-43-25-27-45-31-35-53(59(5)56(45)54(43)57-51)50-19-11-15-40-13-7-9-17-48(40)50/h6-19,21-25,27-35,46,51-53,57H,1,20,26H2,2-5H3/b32-28-. The van der Waals surface area contributed by atoms with Crippen LogP contribution in [0, 0.1) is 0 Å². The first-order chi connectivity index (χ1) is 28.8. The molecule has 0 spiro atoms. The second-order valence-electron chi connectivity index (χ2n) is 16.8. The van der Waals surface area contributed by atoms with Gasteiger partial charge in [0.2, 0.25) is 0 Å². The van der Waals surface area contributed by atoms with Crippen LogP contribution in [0.3, 0.4) is 0 Å². The number of fused-ring (bicyclic) bond motifs is 5. The number of benzene rings is 6. The summed E-state index contributed by atoms with van der Waals surface area (Å²) < 4.78 is 0. The molecule has 6 aromatic carbocycles. The highest BCUT2D eigenvalue weighted by Gasteiger charge is 2.30. The summed E-state index contributed by atoms with van der Waals surface area (Å²) in [6, 6.07) is 44.9. The van der Waals surface area contributed by atoms with Crippen LogP contribution in [0.1, 0.15) is 84.1 Å². The van der Waals surface area contributed by atoms with Crippen LogP contribution in [-0.2, 0) is 0 Å². The summed E-state index contributed by atoms with van der Waals surface area (Å²) in [5, 5.41) is 9.15. The van der Waals surface area contributed by atoms with Crippen molar-refractivity contribution in [1.82, 2.24) is 4.90 Å².